The van der Waals surface area contributed by atoms with Crippen LogP contribution in [0.1, 0.15) is 56.2 Å². The first-order chi connectivity index (χ1) is 9.65. The van der Waals surface area contributed by atoms with Crippen LogP contribution in [0, 0.1) is 18.8 Å². The number of aryl methyl sites for hydroxylation is 1. The molecule has 3 unspecified atom stereocenters. The molecular formula is C18H27NO. The minimum Gasteiger partial charge on any atom is -0.508 e. The number of fused-ring (bicyclic) bond motifs is 1. The Morgan fingerprint density at radius 2 is 1.90 bits per heavy atom. The molecule has 20 heavy (non-hydrogen) atoms. The maximum absolute atomic E-state index is 10.2. The summed E-state index contributed by atoms with van der Waals surface area (Å²) in [5.74, 6) is 2.33. The van der Waals surface area contributed by atoms with E-state index in [9.17, 15) is 5.11 Å². The van der Waals surface area contributed by atoms with Crippen LogP contribution in [-0.4, -0.2) is 23.1 Å². The minimum absolute atomic E-state index is 0.332. The summed E-state index contributed by atoms with van der Waals surface area (Å²) in [5, 5.41) is 10.2. The van der Waals surface area contributed by atoms with Gasteiger partial charge >= 0.3 is 0 Å². The first-order valence-corrected chi connectivity index (χ1v) is 8.18. The lowest BCUT2D eigenvalue weighted by Crippen LogP contribution is -2.42. The van der Waals surface area contributed by atoms with Gasteiger partial charge in [-0.2, -0.15) is 0 Å². The minimum atomic E-state index is 0.332. The molecule has 3 atom stereocenters. The van der Waals surface area contributed by atoms with E-state index in [1.165, 1.54) is 45.2 Å². The normalized spacial score (nSPS) is 28.9. The number of nitrogens with zero attached hydrogens (tertiary/aromatic N) is 1. The maximum atomic E-state index is 10.2. The fourth-order valence-electron chi connectivity index (χ4n) is 4.18. The van der Waals surface area contributed by atoms with Crippen LogP contribution in [0.4, 0.5) is 0 Å². The predicted molar refractivity (Wildman–Crippen MR) is 82.9 cm³/mol. The SMILES string of the molecule is Cc1ccc(C(C)N2CCC3CCCCC3C2)c(O)c1. The fourth-order valence-corrected chi connectivity index (χ4v) is 4.18. The molecule has 2 heteroatoms. The van der Waals surface area contributed by atoms with Gasteiger partial charge in [0.1, 0.15) is 5.75 Å². The lowest BCUT2D eigenvalue weighted by molar-refractivity contribution is 0.0609. The Balaban J connectivity index is 1.72. The summed E-state index contributed by atoms with van der Waals surface area (Å²) in [5.41, 5.74) is 2.22. The number of phenolic OH excluding ortho intramolecular Hbond substituents is 1. The Morgan fingerprint density at radius 1 is 1.15 bits per heavy atom. The topological polar surface area (TPSA) is 23.5 Å². The Morgan fingerprint density at radius 3 is 2.65 bits per heavy atom. The zero-order valence-electron chi connectivity index (χ0n) is 12.8. The molecule has 0 bridgehead atoms. The van der Waals surface area contributed by atoms with Gasteiger partial charge < -0.3 is 5.11 Å². The zero-order valence-corrected chi connectivity index (χ0v) is 12.8. The maximum Gasteiger partial charge on any atom is 0.120 e. The van der Waals surface area contributed by atoms with Crippen molar-refractivity contribution in [3.63, 3.8) is 0 Å². The Kier molecular flexibility index (Phi) is 4.02. The fraction of sp³-hybridized carbons (Fsp3) is 0.667. The smallest absolute Gasteiger partial charge is 0.120 e. The van der Waals surface area contributed by atoms with Gasteiger partial charge in [-0.05, 0) is 56.7 Å². The second-order valence-electron chi connectivity index (χ2n) is 6.83. The van der Waals surface area contributed by atoms with Gasteiger partial charge in [0.05, 0.1) is 0 Å². The molecular weight excluding hydrogens is 246 g/mol. The van der Waals surface area contributed by atoms with E-state index < -0.39 is 0 Å². The zero-order chi connectivity index (χ0) is 14.1. The van der Waals surface area contributed by atoms with Gasteiger partial charge in [-0.25, -0.2) is 0 Å². The average Bonchev–Trinajstić information content (AvgIpc) is 2.46. The summed E-state index contributed by atoms with van der Waals surface area (Å²) in [7, 11) is 0. The van der Waals surface area contributed by atoms with Gasteiger partial charge in [0.15, 0.2) is 0 Å². The highest BCUT2D eigenvalue weighted by Gasteiger charge is 2.33. The molecule has 3 rings (SSSR count). The molecule has 1 saturated carbocycles. The third kappa shape index (κ3) is 2.71. The molecule has 110 valence electrons. The van der Waals surface area contributed by atoms with Crippen molar-refractivity contribution in [1.29, 1.82) is 0 Å². The average molecular weight is 273 g/mol. The second kappa shape index (κ2) is 5.77. The predicted octanol–water partition coefficient (Wildman–Crippen LogP) is 4.27. The monoisotopic (exact) mass is 273 g/mol. The van der Waals surface area contributed by atoms with Crippen molar-refractivity contribution in [3.05, 3.63) is 29.3 Å². The molecule has 1 aliphatic carbocycles. The van der Waals surface area contributed by atoms with E-state index in [-0.39, 0.29) is 0 Å². The first kappa shape index (κ1) is 13.9. The van der Waals surface area contributed by atoms with Gasteiger partial charge in [0.25, 0.3) is 0 Å². The molecule has 0 aromatic heterocycles. The van der Waals surface area contributed by atoms with Crippen molar-refractivity contribution in [2.45, 2.75) is 52.0 Å². The number of piperidine rings is 1. The number of phenols is 1. The van der Waals surface area contributed by atoms with Crippen LogP contribution in [0.5, 0.6) is 5.75 Å². The highest BCUT2D eigenvalue weighted by Crippen LogP contribution is 2.39. The number of rotatable bonds is 2. The van der Waals surface area contributed by atoms with Gasteiger partial charge in [-0.1, -0.05) is 31.4 Å². The summed E-state index contributed by atoms with van der Waals surface area (Å²) in [4.78, 5) is 2.58. The lowest BCUT2D eigenvalue weighted by atomic mass is 9.74. The van der Waals surface area contributed by atoms with Crippen LogP contribution >= 0.6 is 0 Å². The van der Waals surface area contributed by atoms with Crippen LogP contribution in [0.2, 0.25) is 0 Å². The molecule has 1 N–H and O–H groups in total. The molecule has 2 nitrogen and oxygen atoms in total. The molecule has 1 aromatic rings. The summed E-state index contributed by atoms with van der Waals surface area (Å²) in [6.45, 7) is 6.68. The molecule has 1 aromatic carbocycles. The number of hydrogen-bond donors (Lipinski definition) is 1. The summed E-state index contributed by atoms with van der Waals surface area (Å²) in [6.07, 6.45) is 7.06. The standard InChI is InChI=1S/C18H27NO/c1-13-7-8-17(18(20)11-13)14(2)19-10-9-15-5-3-4-6-16(15)12-19/h7-8,11,14-16,20H,3-6,9-10,12H2,1-2H3. The van der Waals surface area contributed by atoms with E-state index in [1.54, 1.807) is 0 Å². The van der Waals surface area contributed by atoms with Gasteiger partial charge in [0, 0.05) is 18.2 Å². The quantitative estimate of drug-likeness (QED) is 0.869. The van der Waals surface area contributed by atoms with E-state index in [1.807, 2.05) is 13.0 Å². The van der Waals surface area contributed by atoms with Gasteiger partial charge in [0.2, 0.25) is 0 Å². The van der Waals surface area contributed by atoms with Gasteiger partial charge in [-0.3, -0.25) is 4.90 Å². The molecule has 0 spiro atoms. The number of benzene rings is 1. The second-order valence-corrected chi connectivity index (χ2v) is 6.83. The third-order valence-electron chi connectivity index (χ3n) is 5.51. The van der Waals surface area contributed by atoms with E-state index in [2.05, 4.69) is 24.0 Å². The molecule has 2 fully saturated rings. The van der Waals surface area contributed by atoms with Crippen LogP contribution in [-0.2, 0) is 0 Å². The molecule has 0 amide bonds. The summed E-state index contributed by atoms with van der Waals surface area (Å²) >= 11 is 0. The molecule has 1 aliphatic heterocycles. The lowest BCUT2D eigenvalue weighted by Gasteiger charge is -2.43. The largest absolute Gasteiger partial charge is 0.508 e. The van der Waals surface area contributed by atoms with Gasteiger partial charge in [-0.15, -0.1) is 0 Å². The van der Waals surface area contributed by atoms with Crippen molar-refractivity contribution in [2.24, 2.45) is 11.8 Å². The molecule has 2 aliphatic rings. The summed E-state index contributed by atoms with van der Waals surface area (Å²) in [6, 6.07) is 6.43. The van der Waals surface area contributed by atoms with Crippen molar-refractivity contribution in [1.82, 2.24) is 4.90 Å². The van der Waals surface area contributed by atoms with Crippen molar-refractivity contribution < 1.29 is 5.11 Å². The Hall–Kier alpha value is -1.02. The third-order valence-corrected chi connectivity index (χ3v) is 5.51. The van der Waals surface area contributed by atoms with Crippen LogP contribution < -0.4 is 0 Å². The summed E-state index contributed by atoms with van der Waals surface area (Å²) < 4.78 is 0. The van der Waals surface area contributed by atoms with Crippen molar-refractivity contribution in [2.75, 3.05) is 13.1 Å². The van der Waals surface area contributed by atoms with E-state index in [4.69, 9.17) is 0 Å². The number of hydrogen-bond acceptors (Lipinski definition) is 2. The highest BCUT2D eigenvalue weighted by atomic mass is 16.3. The van der Waals surface area contributed by atoms with E-state index >= 15 is 0 Å². The van der Waals surface area contributed by atoms with Crippen molar-refractivity contribution >= 4 is 0 Å². The van der Waals surface area contributed by atoms with E-state index in [0.29, 0.717) is 11.8 Å². The first-order valence-electron chi connectivity index (χ1n) is 8.18. The van der Waals surface area contributed by atoms with Crippen LogP contribution in [0.3, 0.4) is 0 Å². The highest BCUT2D eigenvalue weighted by molar-refractivity contribution is 5.37. The van der Waals surface area contributed by atoms with Crippen molar-refractivity contribution in [3.8, 4) is 5.75 Å². The molecule has 1 saturated heterocycles. The van der Waals surface area contributed by atoms with Crippen LogP contribution in [0.25, 0.3) is 0 Å². The van der Waals surface area contributed by atoms with E-state index in [0.717, 1.165) is 23.0 Å². The Labute approximate surface area is 122 Å². The number of aromatic hydroxyl groups is 1. The number of likely N-dealkylation sites (tertiary alicyclic amines) is 1. The Bertz CT molecular complexity index is 470. The van der Waals surface area contributed by atoms with Crippen LogP contribution in [0.15, 0.2) is 18.2 Å². The molecule has 0 radical (unpaired) electrons. The molecule has 1 heterocycles.